The molecule has 0 aromatic heterocycles. The number of aliphatic hydroxyl groups excluding tert-OH is 1. The van der Waals surface area contributed by atoms with Gasteiger partial charge in [0.05, 0.1) is 13.2 Å². The van der Waals surface area contributed by atoms with Gasteiger partial charge in [0.15, 0.2) is 8.32 Å². The van der Waals surface area contributed by atoms with Gasteiger partial charge in [0.25, 0.3) is 0 Å². The summed E-state index contributed by atoms with van der Waals surface area (Å²) in [7, 11) is -1.78. The third-order valence-corrected chi connectivity index (χ3v) is 8.40. The fourth-order valence-electron chi connectivity index (χ4n) is 1.61. The minimum Gasteiger partial charge on any atom is -0.459 e. The molecule has 6 heteroatoms. The van der Waals surface area contributed by atoms with Gasteiger partial charge in [0.1, 0.15) is 5.60 Å². The predicted molar refractivity (Wildman–Crippen MR) is 92.5 cm³/mol. The van der Waals surface area contributed by atoms with Crippen molar-refractivity contribution in [2.24, 2.45) is 0 Å². The minimum atomic E-state index is -1.78. The summed E-state index contributed by atoms with van der Waals surface area (Å²) >= 11 is 0. The molecular weight excluding hydrogens is 298 g/mol. The first-order valence-electron chi connectivity index (χ1n) is 7.97. The number of esters is 1. The van der Waals surface area contributed by atoms with Gasteiger partial charge in [-0.1, -0.05) is 20.8 Å². The third-order valence-electron chi connectivity index (χ3n) is 3.87. The molecule has 0 heterocycles. The maximum Gasteiger partial charge on any atom is 0.320 e. The van der Waals surface area contributed by atoms with E-state index >= 15 is 0 Å². The number of carbonyl (C=O) groups is 1. The Bertz CT molecular complexity index is 345. The van der Waals surface area contributed by atoms with E-state index in [0.29, 0.717) is 19.7 Å². The smallest absolute Gasteiger partial charge is 0.320 e. The predicted octanol–water partition coefficient (Wildman–Crippen LogP) is 2.64. The molecule has 1 N–H and O–H groups in total. The molecule has 0 saturated carbocycles. The molecule has 0 saturated heterocycles. The van der Waals surface area contributed by atoms with Crippen LogP contribution in [0.4, 0.5) is 0 Å². The lowest BCUT2D eigenvalue weighted by molar-refractivity contribution is -0.156. The van der Waals surface area contributed by atoms with E-state index in [1.807, 2.05) is 25.7 Å². The Hall–Kier alpha value is -0.433. The molecule has 0 aliphatic heterocycles. The summed E-state index contributed by atoms with van der Waals surface area (Å²) < 4.78 is 11.4. The highest BCUT2D eigenvalue weighted by Crippen LogP contribution is 2.36. The number of hydrogen-bond acceptors (Lipinski definition) is 5. The van der Waals surface area contributed by atoms with E-state index in [1.54, 1.807) is 0 Å². The first-order chi connectivity index (χ1) is 9.78. The van der Waals surface area contributed by atoms with E-state index in [9.17, 15) is 4.79 Å². The summed E-state index contributed by atoms with van der Waals surface area (Å²) in [6.07, 6.45) is 0. The second-order valence-electron chi connectivity index (χ2n) is 8.19. The first kappa shape index (κ1) is 21.6. The third kappa shape index (κ3) is 8.88. The Kier molecular flexibility index (Phi) is 8.26. The van der Waals surface area contributed by atoms with Crippen molar-refractivity contribution >= 4 is 14.3 Å². The van der Waals surface area contributed by atoms with Gasteiger partial charge in [-0.05, 0) is 38.9 Å². The van der Waals surface area contributed by atoms with Crippen LogP contribution in [-0.4, -0.2) is 62.7 Å². The molecular formula is C16H35NO4Si. The number of aliphatic hydroxyl groups is 1. The largest absolute Gasteiger partial charge is 0.459 e. The summed E-state index contributed by atoms with van der Waals surface area (Å²) in [5, 5.41) is 9.31. The van der Waals surface area contributed by atoms with Crippen LogP contribution in [-0.2, 0) is 14.0 Å². The monoisotopic (exact) mass is 333 g/mol. The summed E-state index contributed by atoms with van der Waals surface area (Å²) in [4.78, 5) is 13.8. The first-order valence-corrected chi connectivity index (χ1v) is 10.9. The second kappa shape index (κ2) is 8.43. The number of ether oxygens (including phenoxy) is 1. The molecule has 0 aliphatic carbocycles. The lowest BCUT2D eigenvalue weighted by Gasteiger charge is -2.36. The molecule has 0 bridgehead atoms. The van der Waals surface area contributed by atoms with Crippen LogP contribution >= 0.6 is 0 Å². The van der Waals surface area contributed by atoms with Gasteiger partial charge in [-0.2, -0.15) is 0 Å². The average Bonchev–Trinajstić information content (AvgIpc) is 2.24. The fourth-order valence-corrected chi connectivity index (χ4v) is 2.65. The zero-order valence-corrected chi connectivity index (χ0v) is 16.7. The molecule has 0 fully saturated rings. The minimum absolute atomic E-state index is 0.0168. The van der Waals surface area contributed by atoms with Crippen LogP contribution in [0.5, 0.6) is 0 Å². The lowest BCUT2D eigenvalue weighted by atomic mass is 10.2. The van der Waals surface area contributed by atoms with Crippen LogP contribution in [0.3, 0.4) is 0 Å². The maximum absolute atomic E-state index is 11.9. The van der Waals surface area contributed by atoms with E-state index < -0.39 is 13.9 Å². The Morgan fingerprint density at radius 2 is 1.64 bits per heavy atom. The molecule has 0 aromatic rings. The van der Waals surface area contributed by atoms with Crippen LogP contribution in [0.15, 0.2) is 0 Å². The molecule has 0 atom stereocenters. The van der Waals surface area contributed by atoms with Crippen molar-refractivity contribution < 1.29 is 19.1 Å². The quantitative estimate of drug-likeness (QED) is 0.546. The number of nitrogens with zero attached hydrogens (tertiary/aromatic N) is 1. The van der Waals surface area contributed by atoms with Crippen molar-refractivity contribution in [2.45, 2.75) is 65.3 Å². The van der Waals surface area contributed by atoms with Gasteiger partial charge in [0, 0.05) is 19.7 Å². The SMILES string of the molecule is CC(C)(C)OC(=O)CN(CCO)CCO[Si](C)(C)C(C)(C)C. The van der Waals surface area contributed by atoms with Gasteiger partial charge in [-0.25, -0.2) is 0 Å². The van der Waals surface area contributed by atoms with E-state index in [-0.39, 0.29) is 24.2 Å². The number of hydrogen-bond donors (Lipinski definition) is 1. The molecule has 0 rings (SSSR count). The van der Waals surface area contributed by atoms with Crippen molar-refractivity contribution in [1.29, 1.82) is 0 Å². The summed E-state index contributed by atoms with van der Waals surface area (Å²) in [6.45, 7) is 18.4. The van der Waals surface area contributed by atoms with Crippen molar-refractivity contribution in [3.63, 3.8) is 0 Å². The second-order valence-corrected chi connectivity index (χ2v) is 13.0. The highest BCUT2D eigenvalue weighted by molar-refractivity contribution is 6.74. The van der Waals surface area contributed by atoms with Crippen molar-refractivity contribution in [3.05, 3.63) is 0 Å². The normalized spacial score (nSPS) is 13.5. The van der Waals surface area contributed by atoms with E-state index in [0.717, 1.165) is 0 Å². The van der Waals surface area contributed by atoms with Crippen molar-refractivity contribution in [2.75, 3.05) is 32.8 Å². The molecule has 0 unspecified atom stereocenters. The number of carbonyl (C=O) groups excluding carboxylic acids is 1. The van der Waals surface area contributed by atoms with E-state index in [2.05, 4.69) is 33.9 Å². The Morgan fingerprint density at radius 3 is 2.05 bits per heavy atom. The molecule has 0 aliphatic rings. The van der Waals surface area contributed by atoms with Crippen LogP contribution in [0.25, 0.3) is 0 Å². The molecule has 0 spiro atoms. The Labute approximate surface area is 137 Å². The molecule has 0 radical (unpaired) electrons. The zero-order chi connectivity index (χ0) is 17.6. The van der Waals surface area contributed by atoms with E-state index in [1.165, 1.54) is 0 Å². The topological polar surface area (TPSA) is 59.0 Å². The van der Waals surface area contributed by atoms with Crippen LogP contribution in [0.1, 0.15) is 41.5 Å². The Morgan fingerprint density at radius 1 is 1.09 bits per heavy atom. The lowest BCUT2D eigenvalue weighted by Crippen LogP contribution is -2.44. The zero-order valence-electron chi connectivity index (χ0n) is 15.7. The standard InChI is InChI=1S/C16H35NO4Si/c1-15(2,3)21-14(19)13-17(9-11-18)10-12-20-22(7,8)16(4,5)6/h18H,9-13H2,1-8H3. The average molecular weight is 334 g/mol. The van der Waals surface area contributed by atoms with E-state index in [4.69, 9.17) is 14.3 Å². The highest BCUT2D eigenvalue weighted by Gasteiger charge is 2.37. The van der Waals surface area contributed by atoms with Crippen LogP contribution < -0.4 is 0 Å². The van der Waals surface area contributed by atoms with Gasteiger partial charge >= 0.3 is 5.97 Å². The molecule has 0 aromatic carbocycles. The summed E-state index contributed by atoms with van der Waals surface area (Å²) in [5.41, 5.74) is -0.487. The van der Waals surface area contributed by atoms with Crippen LogP contribution in [0.2, 0.25) is 18.1 Å². The molecule has 0 amide bonds. The van der Waals surface area contributed by atoms with Gasteiger partial charge in [-0.15, -0.1) is 0 Å². The summed E-state index contributed by atoms with van der Waals surface area (Å²) in [5.74, 6) is -0.270. The number of rotatable bonds is 8. The van der Waals surface area contributed by atoms with Gasteiger partial charge in [-0.3, -0.25) is 9.69 Å². The molecule has 132 valence electrons. The molecule has 22 heavy (non-hydrogen) atoms. The summed E-state index contributed by atoms with van der Waals surface area (Å²) in [6, 6.07) is 0. The van der Waals surface area contributed by atoms with Crippen molar-refractivity contribution in [3.8, 4) is 0 Å². The highest BCUT2D eigenvalue weighted by atomic mass is 28.4. The van der Waals surface area contributed by atoms with Gasteiger partial charge in [0.2, 0.25) is 0 Å². The Balaban J connectivity index is 4.40. The maximum atomic E-state index is 11.9. The van der Waals surface area contributed by atoms with Gasteiger partial charge < -0.3 is 14.3 Å². The van der Waals surface area contributed by atoms with Crippen molar-refractivity contribution in [1.82, 2.24) is 4.90 Å². The fraction of sp³-hybridized carbons (Fsp3) is 0.938. The van der Waals surface area contributed by atoms with Crippen LogP contribution in [0, 0.1) is 0 Å². The molecule has 5 nitrogen and oxygen atoms in total.